The number of nitrogens with zero attached hydrogens (tertiary/aromatic N) is 1. The van der Waals surface area contributed by atoms with E-state index in [1.807, 2.05) is 4.90 Å². The standard InChI is InChI=1S/C8H14N2O/c1-9-7(11)10-6-5-8(10)3-2-4-8/h2-6H2,1H3,(H,9,11). The van der Waals surface area contributed by atoms with E-state index in [4.69, 9.17) is 0 Å². The zero-order chi connectivity index (χ0) is 7.90. The molecule has 62 valence electrons. The Kier molecular flexibility index (Phi) is 1.34. The largest absolute Gasteiger partial charge is 0.341 e. The van der Waals surface area contributed by atoms with Crippen LogP contribution in [0, 0.1) is 0 Å². The van der Waals surface area contributed by atoms with Gasteiger partial charge in [-0.05, 0) is 25.7 Å². The van der Waals surface area contributed by atoms with Gasteiger partial charge in [-0.3, -0.25) is 0 Å². The van der Waals surface area contributed by atoms with E-state index in [9.17, 15) is 4.79 Å². The lowest BCUT2D eigenvalue weighted by Gasteiger charge is -2.58. The monoisotopic (exact) mass is 154 g/mol. The Morgan fingerprint density at radius 2 is 2.18 bits per heavy atom. The van der Waals surface area contributed by atoms with Crippen molar-refractivity contribution in [3.63, 3.8) is 0 Å². The molecular weight excluding hydrogens is 140 g/mol. The maximum Gasteiger partial charge on any atom is 0.317 e. The van der Waals surface area contributed by atoms with Gasteiger partial charge in [-0.25, -0.2) is 4.79 Å². The number of amides is 2. The Labute approximate surface area is 66.8 Å². The summed E-state index contributed by atoms with van der Waals surface area (Å²) in [6, 6.07) is 0.107. The highest BCUT2D eigenvalue weighted by Gasteiger charge is 2.50. The van der Waals surface area contributed by atoms with Gasteiger partial charge in [0, 0.05) is 19.1 Å². The summed E-state index contributed by atoms with van der Waals surface area (Å²) < 4.78 is 0. The molecule has 0 radical (unpaired) electrons. The molecule has 1 spiro atoms. The first kappa shape index (κ1) is 6.95. The third-order valence-corrected chi connectivity index (χ3v) is 3.12. The van der Waals surface area contributed by atoms with E-state index in [-0.39, 0.29) is 6.03 Å². The van der Waals surface area contributed by atoms with Gasteiger partial charge < -0.3 is 10.2 Å². The van der Waals surface area contributed by atoms with Gasteiger partial charge in [-0.1, -0.05) is 0 Å². The number of hydrogen-bond donors (Lipinski definition) is 1. The van der Waals surface area contributed by atoms with Crippen LogP contribution in [0.4, 0.5) is 4.79 Å². The quantitative estimate of drug-likeness (QED) is 0.553. The Morgan fingerprint density at radius 3 is 2.45 bits per heavy atom. The van der Waals surface area contributed by atoms with Gasteiger partial charge >= 0.3 is 6.03 Å². The van der Waals surface area contributed by atoms with Crippen molar-refractivity contribution >= 4 is 6.03 Å². The van der Waals surface area contributed by atoms with Crippen LogP contribution in [-0.4, -0.2) is 30.1 Å². The maximum atomic E-state index is 11.2. The SMILES string of the molecule is CNC(=O)N1CCC12CCC2. The Hall–Kier alpha value is -0.730. The molecular formula is C8H14N2O. The zero-order valence-electron chi connectivity index (χ0n) is 6.89. The molecule has 1 heterocycles. The molecule has 0 aromatic heterocycles. The molecule has 1 aliphatic carbocycles. The van der Waals surface area contributed by atoms with Crippen LogP contribution >= 0.6 is 0 Å². The molecule has 2 rings (SSSR count). The highest BCUT2D eigenvalue weighted by molar-refractivity contribution is 5.76. The van der Waals surface area contributed by atoms with Crippen LogP contribution in [-0.2, 0) is 0 Å². The molecule has 2 fully saturated rings. The first-order valence-electron chi connectivity index (χ1n) is 4.28. The fraction of sp³-hybridized carbons (Fsp3) is 0.875. The summed E-state index contributed by atoms with van der Waals surface area (Å²) in [4.78, 5) is 13.2. The number of hydrogen-bond acceptors (Lipinski definition) is 1. The average Bonchev–Trinajstić information content (AvgIpc) is 1.82. The van der Waals surface area contributed by atoms with Gasteiger partial charge in [-0.15, -0.1) is 0 Å². The number of urea groups is 1. The summed E-state index contributed by atoms with van der Waals surface area (Å²) in [5.41, 5.74) is 0.306. The van der Waals surface area contributed by atoms with Crippen molar-refractivity contribution in [2.75, 3.05) is 13.6 Å². The fourth-order valence-electron chi connectivity index (χ4n) is 2.10. The minimum absolute atomic E-state index is 0.107. The molecule has 2 aliphatic rings. The van der Waals surface area contributed by atoms with Crippen molar-refractivity contribution < 1.29 is 4.79 Å². The molecule has 2 amide bonds. The highest BCUT2D eigenvalue weighted by atomic mass is 16.2. The third-order valence-electron chi connectivity index (χ3n) is 3.12. The Balaban J connectivity index is 2.00. The van der Waals surface area contributed by atoms with Gasteiger partial charge in [0.2, 0.25) is 0 Å². The van der Waals surface area contributed by atoms with Gasteiger partial charge in [0.05, 0.1) is 0 Å². The molecule has 0 aromatic carbocycles. The molecule has 3 heteroatoms. The van der Waals surface area contributed by atoms with Crippen LogP contribution in [0.3, 0.4) is 0 Å². The predicted molar refractivity (Wildman–Crippen MR) is 42.4 cm³/mol. The van der Waals surface area contributed by atoms with Crippen LogP contribution in [0.1, 0.15) is 25.7 Å². The number of carbonyl (C=O) groups excluding carboxylic acids is 1. The Bertz CT molecular complexity index is 181. The second-order valence-corrected chi connectivity index (χ2v) is 3.53. The summed E-state index contributed by atoms with van der Waals surface area (Å²) in [7, 11) is 1.70. The Morgan fingerprint density at radius 1 is 1.45 bits per heavy atom. The van der Waals surface area contributed by atoms with E-state index in [1.165, 1.54) is 25.7 Å². The second kappa shape index (κ2) is 2.13. The molecule has 0 aromatic rings. The molecule has 1 saturated carbocycles. The number of nitrogens with one attached hydrogen (secondary N) is 1. The maximum absolute atomic E-state index is 11.2. The van der Waals surface area contributed by atoms with E-state index >= 15 is 0 Å². The second-order valence-electron chi connectivity index (χ2n) is 3.53. The van der Waals surface area contributed by atoms with E-state index in [2.05, 4.69) is 5.32 Å². The summed E-state index contributed by atoms with van der Waals surface area (Å²) in [6.45, 7) is 0.958. The van der Waals surface area contributed by atoms with E-state index in [0.717, 1.165) is 6.54 Å². The lowest BCUT2D eigenvalue weighted by molar-refractivity contribution is -0.0358. The van der Waals surface area contributed by atoms with Gasteiger partial charge in [0.1, 0.15) is 0 Å². The van der Waals surface area contributed by atoms with Gasteiger partial charge in [0.15, 0.2) is 0 Å². The average molecular weight is 154 g/mol. The predicted octanol–water partition coefficient (Wildman–Crippen LogP) is 0.954. The molecule has 3 nitrogen and oxygen atoms in total. The topological polar surface area (TPSA) is 32.3 Å². The van der Waals surface area contributed by atoms with Crippen LogP contribution in [0.15, 0.2) is 0 Å². The molecule has 1 saturated heterocycles. The molecule has 0 atom stereocenters. The van der Waals surface area contributed by atoms with Crippen molar-refractivity contribution in [3.8, 4) is 0 Å². The third kappa shape index (κ3) is 0.767. The molecule has 11 heavy (non-hydrogen) atoms. The lowest BCUT2D eigenvalue weighted by Crippen LogP contribution is -2.67. The number of carbonyl (C=O) groups is 1. The summed E-state index contributed by atoms with van der Waals surface area (Å²) in [6.07, 6.45) is 4.97. The minimum atomic E-state index is 0.107. The van der Waals surface area contributed by atoms with Crippen molar-refractivity contribution in [3.05, 3.63) is 0 Å². The van der Waals surface area contributed by atoms with Crippen molar-refractivity contribution in [2.45, 2.75) is 31.2 Å². The van der Waals surface area contributed by atoms with Crippen LogP contribution < -0.4 is 5.32 Å². The van der Waals surface area contributed by atoms with Crippen LogP contribution in [0.5, 0.6) is 0 Å². The first-order valence-corrected chi connectivity index (χ1v) is 4.28. The molecule has 1 aliphatic heterocycles. The fourth-order valence-corrected chi connectivity index (χ4v) is 2.10. The first-order chi connectivity index (χ1) is 5.28. The van der Waals surface area contributed by atoms with Gasteiger partial charge in [0.25, 0.3) is 0 Å². The van der Waals surface area contributed by atoms with Crippen molar-refractivity contribution in [1.29, 1.82) is 0 Å². The number of rotatable bonds is 0. The summed E-state index contributed by atoms with van der Waals surface area (Å²) >= 11 is 0. The highest BCUT2D eigenvalue weighted by Crippen LogP contribution is 2.46. The summed E-state index contributed by atoms with van der Waals surface area (Å²) in [5.74, 6) is 0. The van der Waals surface area contributed by atoms with Crippen molar-refractivity contribution in [1.82, 2.24) is 10.2 Å². The van der Waals surface area contributed by atoms with E-state index in [0.29, 0.717) is 5.54 Å². The van der Waals surface area contributed by atoms with Gasteiger partial charge in [-0.2, -0.15) is 0 Å². The molecule has 1 N–H and O–H groups in total. The van der Waals surface area contributed by atoms with Crippen LogP contribution in [0.25, 0.3) is 0 Å². The zero-order valence-corrected chi connectivity index (χ0v) is 6.89. The van der Waals surface area contributed by atoms with Crippen LogP contribution in [0.2, 0.25) is 0 Å². The molecule has 0 bridgehead atoms. The number of likely N-dealkylation sites (tertiary alicyclic amines) is 1. The van der Waals surface area contributed by atoms with E-state index in [1.54, 1.807) is 7.05 Å². The smallest absolute Gasteiger partial charge is 0.317 e. The lowest BCUT2D eigenvalue weighted by atomic mass is 9.68. The minimum Gasteiger partial charge on any atom is -0.341 e. The molecule has 0 unspecified atom stereocenters. The normalized spacial score (nSPS) is 25.7. The van der Waals surface area contributed by atoms with E-state index < -0.39 is 0 Å². The van der Waals surface area contributed by atoms with Crippen molar-refractivity contribution in [2.24, 2.45) is 0 Å². The summed E-state index contributed by atoms with van der Waals surface area (Å²) in [5, 5.41) is 2.68.